The van der Waals surface area contributed by atoms with Crippen molar-refractivity contribution in [2.24, 2.45) is 0 Å². The fourth-order valence-electron chi connectivity index (χ4n) is 3.00. The number of aromatic nitrogens is 4. The number of fused-ring (bicyclic) bond motifs is 2. The average molecular weight is 397 g/mol. The van der Waals surface area contributed by atoms with Crippen LogP contribution in [-0.4, -0.2) is 44.9 Å². The Hall–Kier alpha value is -3.69. The molecule has 1 aliphatic rings. The number of rotatable bonds is 5. The molecule has 0 unspecified atom stereocenters. The van der Waals surface area contributed by atoms with Crippen molar-refractivity contribution in [2.45, 2.75) is 26.8 Å². The van der Waals surface area contributed by atoms with Crippen LogP contribution in [0.25, 0.3) is 5.78 Å². The molecule has 10 nitrogen and oxygen atoms in total. The maximum Gasteiger partial charge on any atom is 0.378 e. The molecule has 10 heteroatoms. The number of benzene rings is 1. The smallest absolute Gasteiger partial charge is 0.378 e. The topological polar surface area (TPSA) is 117 Å². The van der Waals surface area contributed by atoms with Crippen molar-refractivity contribution in [3.8, 4) is 11.5 Å². The van der Waals surface area contributed by atoms with E-state index in [1.54, 1.807) is 12.1 Å². The van der Waals surface area contributed by atoms with Crippen LogP contribution in [0, 0.1) is 13.8 Å². The molecule has 0 aliphatic carbocycles. The molecular formula is C19H19N5O5. The summed E-state index contributed by atoms with van der Waals surface area (Å²) in [5.41, 5.74) is 2.39. The fourth-order valence-corrected chi connectivity index (χ4v) is 3.00. The Morgan fingerprint density at radius 1 is 1.21 bits per heavy atom. The lowest BCUT2D eigenvalue weighted by atomic mass is 10.1. The van der Waals surface area contributed by atoms with Gasteiger partial charge in [0.25, 0.3) is 17.5 Å². The van der Waals surface area contributed by atoms with E-state index in [2.05, 4.69) is 20.4 Å². The summed E-state index contributed by atoms with van der Waals surface area (Å²) in [4.78, 5) is 32.6. The van der Waals surface area contributed by atoms with E-state index in [1.807, 2.05) is 32.9 Å². The van der Waals surface area contributed by atoms with E-state index >= 15 is 0 Å². The number of esters is 1. The first-order valence-electron chi connectivity index (χ1n) is 8.98. The summed E-state index contributed by atoms with van der Waals surface area (Å²) < 4.78 is 17.1. The van der Waals surface area contributed by atoms with Crippen molar-refractivity contribution in [3.05, 3.63) is 47.0 Å². The molecule has 0 fully saturated rings. The predicted molar refractivity (Wildman–Crippen MR) is 99.7 cm³/mol. The SMILES string of the molecule is Cc1cc(C)n2nc(C(=O)OCC(=O)N[C@@H](C)c3ccc4c(c3)OCO4)nc2n1. The number of hydrogen-bond donors (Lipinski definition) is 1. The second-order valence-electron chi connectivity index (χ2n) is 6.66. The molecule has 0 spiro atoms. The highest BCUT2D eigenvalue weighted by molar-refractivity contribution is 5.88. The fraction of sp³-hybridized carbons (Fsp3) is 0.316. The normalized spacial score (nSPS) is 13.3. The standard InChI is InChI=1S/C19H19N5O5/c1-10-6-11(2)24-19(20-10)22-17(23-24)18(26)27-8-16(25)21-12(3)13-4-5-14-15(7-13)29-9-28-14/h4-7,12H,8-9H2,1-3H3,(H,21,25)/t12-/m0/s1. The minimum Gasteiger partial charge on any atom is -0.454 e. The second-order valence-corrected chi connectivity index (χ2v) is 6.66. The summed E-state index contributed by atoms with van der Waals surface area (Å²) in [5, 5.41) is 6.85. The van der Waals surface area contributed by atoms with Crippen LogP contribution in [0.2, 0.25) is 0 Å². The van der Waals surface area contributed by atoms with Crippen LogP contribution < -0.4 is 14.8 Å². The molecule has 3 aromatic rings. The van der Waals surface area contributed by atoms with E-state index in [0.717, 1.165) is 17.0 Å². The van der Waals surface area contributed by atoms with Gasteiger partial charge in [-0.15, -0.1) is 5.10 Å². The van der Waals surface area contributed by atoms with Gasteiger partial charge >= 0.3 is 5.97 Å². The predicted octanol–water partition coefficient (Wildman–Crippen LogP) is 1.50. The van der Waals surface area contributed by atoms with Gasteiger partial charge in [0.05, 0.1) is 6.04 Å². The number of amides is 1. The molecule has 1 atom stereocenters. The summed E-state index contributed by atoms with van der Waals surface area (Å²) in [6.07, 6.45) is 0. The van der Waals surface area contributed by atoms with Crippen LogP contribution in [0.5, 0.6) is 11.5 Å². The summed E-state index contributed by atoms with van der Waals surface area (Å²) >= 11 is 0. The number of nitrogens with one attached hydrogen (secondary N) is 1. The van der Waals surface area contributed by atoms with E-state index in [4.69, 9.17) is 14.2 Å². The Labute approximate surface area is 165 Å². The van der Waals surface area contributed by atoms with Crippen LogP contribution in [0.3, 0.4) is 0 Å². The Morgan fingerprint density at radius 3 is 2.83 bits per heavy atom. The molecule has 3 heterocycles. The maximum atomic E-state index is 12.2. The molecule has 4 rings (SSSR count). The zero-order chi connectivity index (χ0) is 20.5. The van der Waals surface area contributed by atoms with Gasteiger partial charge in [0.15, 0.2) is 18.1 Å². The highest BCUT2D eigenvalue weighted by Gasteiger charge is 2.20. The van der Waals surface area contributed by atoms with Crippen LogP contribution in [0.15, 0.2) is 24.3 Å². The summed E-state index contributed by atoms with van der Waals surface area (Å²) in [6.45, 7) is 5.20. The highest BCUT2D eigenvalue weighted by atomic mass is 16.7. The van der Waals surface area contributed by atoms with Gasteiger partial charge in [-0.1, -0.05) is 6.07 Å². The van der Waals surface area contributed by atoms with E-state index in [0.29, 0.717) is 17.3 Å². The first-order valence-corrected chi connectivity index (χ1v) is 8.98. The van der Waals surface area contributed by atoms with Gasteiger partial charge in [0, 0.05) is 11.4 Å². The van der Waals surface area contributed by atoms with Crippen molar-refractivity contribution in [2.75, 3.05) is 13.4 Å². The van der Waals surface area contributed by atoms with Crippen molar-refractivity contribution in [1.82, 2.24) is 24.9 Å². The summed E-state index contributed by atoms with van der Waals surface area (Å²) in [5.74, 6) is 0.210. The number of ether oxygens (including phenoxy) is 3. The molecule has 0 bridgehead atoms. The van der Waals surface area contributed by atoms with Crippen molar-refractivity contribution in [1.29, 1.82) is 0 Å². The minimum atomic E-state index is -0.793. The Bertz CT molecular complexity index is 1110. The van der Waals surface area contributed by atoms with Crippen LogP contribution in [0.4, 0.5) is 0 Å². The quantitative estimate of drug-likeness (QED) is 0.644. The highest BCUT2D eigenvalue weighted by Crippen LogP contribution is 2.34. The number of carbonyl (C=O) groups is 2. The lowest BCUT2D eigenvalue weighted by molar-refractivity contribution is -0.124. The zero-order valence-electron chi connectivity index (χ0n) is 16.1. The number of aryl methyl sites for hydroxylation is 2. The molecular weight excluding hydrogens is 378 g/mol. The third-order valence-electron chi connectivity index (χ3n) is 4.41. The van der Waals surface area contributed by atoms with Gasteiger partial charge in [0.2, 0.25) is 6.79 Å². The molecule has 1 aromatic carbocycles. The molecule has 1 N–H and O–H groups in total. The summed E-state index contributed by atoms with van der Waals surface area (Å²) in [7, 11) is 0. The van der Waals surface area contributed by atoms with E-state index in [1.165, 1.54) is 4.52 Å². The molecule has 0 radical (unpaired) electrons. The Morgan fingerprint density at radius 2 is 2.00 bits per heavy atom. The van der Waals surface area contributed by atoms with Crippen LogP contribution in [0.1, 0.15) is 40.5 Å². The van der Waals surface area contributed by atoms with E-state index in [9.17, 15) is 9.59 Å². The van der Waals surface area contributed by atoms with E-state index in [-0.39, 0.29) is 18.7 Å². The third kappa shape index (κ3) is 3.82. The minimum absolute atomic E-state index is 0.150. The molecule has 1 amide bonds. The van der Waals surface area contributed by atoms with Crippen molar-refractivity contribution >= 4 is 17.7 Å². The molecule has 0 saturated heterocycles. The monoisotopic (exact) mass is 397 g/mol. The van der Waals surface area contributed by atoms with Gasteiger partial charge in [-0.2, -0.15) is 4.98 Å². The zero-order valence-corrected chi connectivity index (χ0v) is 16.1. The molecule has 1 aliphatic heterocycles. The number of carbonyl (C=O) groups excluding carboxylic acids is 2. The Balaban J connectivity index is 1.35. The van der Waals surface area contributed by atoms with Gasteiger partial charge in [-0.3, -0.25) is 4.79 Å². The molecule has 29 heavy (non-hydrogen) atoms. The molecule has 150 valence electrons. The average Bonchev–Trinajstić information content (AvgIpc) is 3.32. The third-order valence-corrected chi connectivity index (χ3v) is 4.41. The largest absolute Gasteiger partial charge is 0.454 e. The second kappa shape index (κ2) is 7.38. The van der Waals surface area contributed by atoms with Crippen LogP contribution >= 0.6 is 0 Å². The van der Waals surface area contributed by atoms with Crippen molar-refractivity contribution in [3.63, 3.8) is 0 Å². The maximum absolute atomic E-state index is 12.2. The number of nitrogens with zero attached hydrogens (tertiary/aromatic N) is 4. The number of hydrogen-bond acceptors (Lipinski definition) is 8. The first-order chi connectivity index (χ1) is 13.9. The lowest BCUT2D eigenvalue weighted by Crippen LogP contribution is -2.31. The van der Waals surface area contributed by atoms with Gasteiger partial charge in [0.1, 0.15) is 0 Å². The Kier molecular flexibility index (Phi) is 4.75. The van der Waals surface area contributed by atoms with E-state index < -0.39 is 18.5 Å². The van der Waals surface area contributed by atoms with Gasteiger partial charge < -0.3 is 19.5 Å². The van der Waals surface area contributed by atoms with Gasteiger partial charge in [-0.25, -0.2) is 14.3 Å². The summed E-state index contributed by atoms with van der Waals surface area (Å²) in [6, 6.07) is 6.94. The lowest BCUT2D eigenvalue weighted by Gasteiger charge is -2.14. The van der Waals surface area contributed by atoms with Crippen molar-refractivity contribution < 1.29 is 23.8 Å². The van der Waals surface area contributed by atoms with Gasteiger partial charge in [-0.05, 0) is 44.5 Å². The molecule has 0 saturated carbocycles. The molecule has 2 aromatic heterocycles. The first kappa shape index (κ1) is 18.7. The van der Waals surface area contributed by atoms with Crippen LogP contribution in [-0.2, 0) is 9.53 Å².